The molecule has 0 spiro atoms. The minimum Gasteiger partial charge on any atom is -0.497 e. The fraction of sp³-hybridized carbons (Fsp3) is 0.138. The lowest BCUT2D eigenvalue weighted by molar-refractivity contribution is -0.114. The Labute approximate surface area is 224 Å². The second-order valence-electron chi connectivity index (χ2n) is 8.21. The summed E-state index contributed by atoms with van der Waals surface area (Å²) in [5, 5.41) is 11.2. The molecule has 192 valence electrons. The van der Waals surface area contributed by atoms with Crippen LogP contribution in [0.3, 0.4) is 0 Å². The minimum absolute atomic E-state index is 0.0779. The largest absolute Gasteiger partial charge is 0.497 e. The van der Waals surface area contributed by atoms with Crippen molar-refractivity contribution in [2.45, 2.75) is 0 Å². The third-order valence-electron chi connectivity index (χ3n) is 5.83. The maximum Gasteiger partial charge on any atom is 0.283 e. The van der Waals surface area contributed by atoms with Gasteiger partial charge in [-0.25, -0.2) is 0 Å². The van der Waals surface area contributed by atoms with E-state index in [1.807, 2.05) is 53.9 Å². The van der Waals surface area contributed by atoms with Crippen LogP contribution in [0.4, 0.5) is 0 Å². The van der Waals surface area contributed by atoms with Gasteiger partial charge in [-0.3, -0.25) is 15.1 Å². The topological polar surface area (TPSA) is 93.4 Å². The lowest BCUT2D eigenvalue weighted by Crippen LogP contribution is -2.38. The van der Waals surface area contributed by atoms with Crippen LogP contribution < -0.4 is 18.9 Å². The third-order valence-corrected chi connectivity index (χ3v) is 6.66. The van der Waals surface area contributed by atoms with Gasteiger partial charge < -0.3 is 18.9 Å². The summed E-state index contributed by atoms with van der Waals surface area (Å²) in [6.45, 7) is 0.634. The summed E-state index contributed by atoms with van der Waals surface area (Å²) in [5.41, 5.74) is 2.64. The molecular formula is C29H25N3O5S. The minimum atomic E-state index is -0.453. The van der Waals surface area contributed by atoms with Crippen molar-refractivity contribution in [3.8, 4) is 23.0 Å². The first-order valence-corrected chi connectivity index (χ1v) is 12.7. The fourth-order valence-electron chi connectivity index (χ4n) is 3.98. The van der Waals surface area contributed by atoms with Gasteiger partial charge in [0.05, 0.1) is 25.5 Å². The number of fused-ring (bicyclic) bond motifs is 1. The molecule has 0 unspecified atom stereocenters. The van der Waals surface area contributed by atoms with E-state index in [9.17, 15) is 4.79 Å². The van der Waals surface area contributed by atoms with Crippen LogP contribution in [0, 0.1) is 5.41 Å². The zero-order valence-corrected chi connectivity index (χ0v) is 21.7. The molecule has 0 bridgehead atoms. The normalized spacial score (nSPS) is 15.6. The number of hydrogen-bond acceptors (Lipinski definition) is 7. The molecule has 0 aliphatic carbocycles. The van der Waals surface area contributed by atoms with Crippen LogP contribution >= 0.6 is 11.8 Å². The van der Waals surface area contributed by atoms with Gasteiger partial charge in [-0.2, -0.15) is 4.99 Å². The molecule has 2 heterocycles. The van der Waals surface area contributed by atoms with Crippen molar-refractivity contribution in [1.29, 1.82) is 5.41 Å². The number of thioether (sulfide) groups is 1. The van der Waals surface area contributed by atoms with E-state index in [-0.39, 0.29) is 11.4 Å². The quantitative estimate of drug-likeness (QED) is 0.292. The second kappa shape index (κ2) is 11.3. The van der Waals surface area contributed by atoms with Crippen molar-refractivity contribution in [3.05, 3.63) is 94.9 Å². The first-order valence-electron chi connectivity index (χ1n) is 11.8. The first-order chi connectivity index (χ1) is 18.6. The van der Waals surface area contributed by atoms with Gasteiger partial charge in [0, 0.05) is 11.5 Å². The van der Waals surface area contributed by atoms with Crippen molar-refractivity contribution in [1.82, 2.24) is 4.90 Å². The van der Waals surface area contributed by atoms with Crippen molar-refractivity contribution in [2.24, 2.45) is 4.99 Å². The number of carbonyl (C=O) groups excluding carboxylic acids is 1. The Kier molecular flexibility index (Phi) is 7.46. The summed E-state index contributed by atoms with van der Waals surface area (Å²) in [6, 6.07) is 22.4. The number of rotatable bonds is 9. The molecule has 5 rings (SSSR count). The van der Waals surface area contributed by atoms with Crippen LogP contribution in [0.2, 0.25) is 0 Å². The van der Waals surface area contributed by atoms with Crippen LogP contribution in [0.1, 0.15) is 11.1 Å². The van der Waals surface area contributed by atoms with Gasteiger partial charge in [0.25, 0.3) is 5.91 Å². The summed E-state index contributed by atoms with van der Waals surface area (Å²) in [4.78, 5) is 18.7. The van der Waals surface area contributed by atoms with E-state index in [0.717, 1.165) is 17.0 Å². The van der Waals surface area contributed by atoms with Gasteiger partial charge in [-0.05, 0) is 41.5 Å². The number of nitrogens with zero attached hydrogens (tertiary/aromatic N) is 2. The summed E-state index contributed by atoms with van der Waals surface area (Å²) >= 11 is 1.33. The summed E-state index contributed by atoms with van der Waals surface area (Å²) in [6.07, 6.45) is 1.65. The van der Waals surface area contributed by atoms with E-state index in [0.29, 0.717) is 41.2 Å². The van der Waals surface area contributed by atoms with Gasteiger partial charge >= 0.3 is 0 Å². The highest BCUT2D eigenvalue weighted by atomic mass is 32.2. The number of ether oxygens (including phenoxy) is 4. The number of aliphatic imine (C=N–C) groups is 1. The molecule has 0 saturated carbocycles. The number of nitrogens with one attached hydrogen (secondary N) is 1. The van der Waals surface area contributed by atoms with Crippen LogP contribution in [0.25, 0.3) is 11.8 Å². The molecule has 2 aliphatic rings. The van der Waals surface area contributed by atoms with Gasteiger partial charge in [0.2, 0.25) is 0 Å². The third kappa shape index (κ3) is 5.28. The molecule has 0 radical (unpaired) electrons. The van der Waals surface area contributed by atoms with Gasteiger partial charge in [0.1, 0.15) is 30.5 Å². The van der Waals surface area contributed by atoms with E-state index in [1.165, 1.54) is 11.8 Å². The average Bonchev–Trinajstić information content (AvgIpc) is 3.38. The molecule has 1 N–H and O–H groups in total. The van der Waals surface area contributed by atoms with Gasteiger partial charge in [-0.15, -0.1) is 0 Å². The lowest BCUT2D eigenvalue weighted by atomic mass is 10.1. The second-order valence-corrected chi connectivity index (χ2v) is 9.05. The van der Waals surface area contributed by atoms with Crippen molar-refractivity contribution >= 4 is 40.4 Å². The zero-order valence-electron chi connectivity index (χ0n) is 20.8. The highest BCUT2D eigenvalue weighted by molar-refractivity contribution is 8.17. The Balaban J connectivity index is 1.29. The predicted octanol–water partition coefficient (Wildman–Crippen LogP) is 5.47. The van der Waals surface area contributed by atoms with E-state index < -0.39 is 5.91 Å². The molecule has 8 nitrogen and oxygen atoms in total. The Morgan fingerprint density at radius 1 is 0.895 bits per heavy atom. The number of carbonyl (C=O) groups is 1. The number of amidine groups is 2. The fourth-order valence-corrected chi connectivity index (χ4v) is 4.87. The molecule has 3 aromatic rings. The van der Waals surface area contributed by atoms with Gasteiger partial charge in [-0.1, -0.05) is 54.2 Å². The molecule has 38 heavy (non-hydrogen) atoms. The smallest absolute Gasteiger partial charge is 0.283 e. The summed E-state index contributed by atoms with van der Waals surface area (Å²) in [7, 11) is 3.16. The number of amides is 1. The molecule has 0 fully saturated rings. The van der Waals surface area contributed by atoms with Crippen molar-refractivity contribution in [2.75, 3.05) is 27.4 Å². The van der Waals surface area contributed by atoms with E-state index in [4.69, 9.17) is 24.4 Å². The lowest BCUT2D eigenvalue weighted by Gasteiger charge is -2.27. The highest BCUT2D eigenvalue weighted by Gasteiger charge is 2.36. The molecular weight excluding hydrogens is 502 g/mol. The number of methoxy groups -OCH3 is 2. The van der Waals surface area contributed by atoms with Crippen LogP contribution in [0.5, 0.6) is 23.0 Å². The molecule has 1 amide bonds. The Morgan fingerprint density at radius 2 is 1.68 bits per heavy atom. The molecule has 0 atom stereocenters. The SMILES string of the molecule is COc1cccc(OCCOc2ccc(/C=C3/C(=N)N4C(c5ccccc5)=CSC4=NC3=O)cc2OC)c1. The van der Waals surface area contributed by atoms with E-state index in [1.54, 1.807) is 49.5 Å². The average molecular weight is 528 g/mol. The van der Waals surface area contributed by atoms with Crippen molar-refractivity contribution < 1.29 is 23.7 Å². The van der Waals surface area contributed by atoms with Crippen LogP contribution in [-0.2, 0) is 4.79 Å². The monoisotopic (exact) mass is 527 g/mol. The zero-order chi connectivity index (χ0) is 26.5. The molecule has 9 heteroatoms. The van der Waals surface area contributed by atoms with E-state index in [2.05, 4.69) is 4.99 Å². The van der Waals surface area contributed by atoms with Crippen LogP contribution in [-0.4, -0.2) is 49.2 Å². The predicted molar refractivity (Wildman–Crippen MR) is 149 cm³/mol. The highest BCUT2D eigenvalue weighted by Crippen LogP contribution is 2.37. The Morgan fingerprint density at radius 3 is 2.47 bits per heavy atom. The summed E-state index contributed by atoms with van der Waals surface area (Å²) < 4.78 is 22.3. The molecule has 0 aromatic heterocycles. The van der Waals surface area contributed by atoms with Crippen molar-refractivity contribution in [3.63, 3.8) is 0 Å². The standard InChI is InChI=1S/C29H25N3O5S/c1-34-21-9-6-10-22(17-21)36-13-14-37-25-12-11-19(16-26(25)35-2)15-23-27(30)32-24(20-7-4-3-5-8-20)18-38-29(32)31-28(23)33/h3-12,15-18,30H,13-14H2,1-2H3/b23-15-,30-27?. The van der Waals surface area contributed by atoms with Gasteiger partial charge in [0.15, 0.2) is 16.7 Å². The molecule has 0 saturated heterocycles. The summed E-state index contributed by atoms with van der Waals surface area (Å²) in [5.74, 6) is 2.08. The Hall–Kier alpha value is -4.50. The van der Waals surface area contributed by atoms with E-state index >= 15 is 0 Å². The Bertz CT molecular complexity index is 1470. The maximum absolute atomic E-state index is 12.8. The first kappa shape index (κ1) is 25.2. The maximum atomic E-state index is 12.8. The molecule has 3 aromatic carbocycles. The van der Waals surface area contributed by atoms with Crippen LogP contribution in [0.15, 0.2) is 88.8 Å². The number of hydrogen-bond donors (Lipinski definition) is 1. The molecule has 2 aliphatic heterocycles. The number of benzene rings is 3.